The minimum absolute atomic E-state index is 0.0273. The van der Waals surface area contributed by atoms with Crippen LogP contribution in [0.5, 0.6) is 0 Å². The Morgan fingerprint density at radius 3 is 2.50 bits per heavy atom. The third-order valence-electron chi connectivity index (χ3n) is 2.08. The van der Waals surface area contributed by atoms with E-state index in [0.717, 1.165) is 0 Å². The number of aromatic nitrogens is 2. The van der Waals surface area contributed by atoms with Crippen LogP contribution >= 0.6 is 0 Å². The normalized spacial score (nSPS) is 10.0. The van der Waals surface area contributed by atoms with Crippen LogP contribution in [0.1, 0.15) is 10.5 Å². The fraction of sp³-hybridized carbons (Fsp3) is 0. The van der Waals surface area contributed by atoms with Crippen molar-refractivity contribution in [3.63, 3.8) is 0 Å². The van der Waals surface area contributed by atoms with Crippen LogP contribution in [-0.2, 0) is 0 Å². The Bertz CT molecular complexity index is 530. The first-order chi connectivity index (χ1) is 7.70. The Hall–Kier alpha value is -2.50. The first-order valence-corrected chi connectivity index (χ1v) is 4.44. The van der Waals surface area contributed by atoms with E-state index in [1.165, 1.54) is 18.5 Å². The molecule has 1 heterocycles. The van der Waals surface area contributed by atoms with E-state index >= 15 is 0 Å². The smallest absolute Gasteiger partial charge is 0.269 e. The largest absolute Gasteiger partial charge is 0.306 e. The summed E-state index contributed by atoms with van der Waals surface area (Å²) in [7, 11) is 0. The lowest BCUT2D eigenvalue weighted by atomic mass is 10.3. The molecular formula is C10H7N3O3. The molecule has 0 saturated heterocycles. The Kier molecular flexibility index (Phi) is 2.47. The number of nitro groups is 1. The number of nitro benzene ring substituents is 1. The van der Waals surface area contributed by atoms with Crippen molar-refractivity contribution in [2.45, 2.75) is 0 Å². The number of imidazole rings is 1. The molecule has 2 aromatic rings. The van der Waals surface area contributed by atoms with Gasteiger partial charge in [0.25, 0.3) is 5.69 Å². The summed E-state index contributed by atoms with van der Waals surface area (Å²) in [5.41, 5.74) is 1.06. The minimum atomic E-state index is -0.464. The van der Waals surface area contributed by atoms with Crippen LogP contribution in [0.15, 0.2) is 36.8 Å². The third-order valence-corrected chi connectivity index (χ3v) is 2.08. The summed E-state index contributed by atoms with van der Waals surface area (Å²) in [6.07, 6.45) is 3.67. The zero-order chi connectivity index (χ0) is 11.5. The van der Waals surface area contributed by atoms with E-state index in [9.17, 15) is 14.9 Å². The van der Waals surface area contributed by atoms with Gasteiger partial charge in [-0.2, -0.15) is 0 Å². The summed E-state index contributed by atoms with van der Waals surface area (Å²) >= 11 is 0. The van der Waals surface area contributed by atoms with Crippen molar-refractivity contribution < 1.29 is 9.72 Å². The van der Waals surface area contributed by atoms with E-state index in [0.29, 0.717) is 17.7 Å². The Morgan fingerprint density at radius 1 is 1.31 bits per heavy atom. The van der Waals surface area contributed by atoms with Crippen LogP contribution in [0, 0.1) is 10.1 Å². The van der Waals surface area contributed by atoms with Crippen LogP contribution in [0.2, 0.25) is 0 Å². The zero-order valence-corrected chi connectivity index (χ0v) is 8.11. The number of non-ortho nitro benzene ring substituents is 1. The van der Waals surface area contributed by atoms with Gasteiger partial charge in [-0.25, -0.2) is 4.98 Å². The summed E-state index contributed by atoms with van der Waals surface area (Å²) in [5, 5.41) is 10.4. The molecule has 0 radical (unpaired) electrons. The van der Waals surface area contributed by atoms with E-state index in [2.05, 4.69) is 4.98 Å². The lowest BCUT2D eigenvalue weighted by Gasteiger charge is -2.00. The number of nitrogens with zero attached hydrogens (tertiary/aromatic N) is 3. The predicted octanol–water partition coefficient (Wildman–Crippen LogP) is 1.59. The molecule has 0 unspecified atom stereocenters. The van der Waals surface area contributed by atoms with Gasteiger partial charge in [0.1, 0.15) is 12.0 Å². The van der Waals surface area contributed by atoms with Gasteiger partial charge < -0.3 is 4.57 Å². The first-order valence-electron chi connectivity index (χ1n) is 4.44. The van der Waals surface area contributed by atoms with E-state index < -0.39 is 4.92 Å². The molecule has 2 rings (SSSR count). The molecule has 0 atom stereocenters. The Morgan fingerprint density at radius 2 is 2.00 bits per heavy atom. The van der Waals surface area contributed by atoms with Gasteiger partial charge in [0.05, 0.1) is 4.92 Å². The molecule has 80 valence electrons. The third kappa shape index (κ3) is 1.81. The zero-order valence-electron chi connectivity index (χ0n) is 8.11. The second-order valence-electron chi connectivity index (χ2n) is 3.10. The van der Waals surface area contributed by atoms with Crippen LogP contribution in [0.4, 0.5) is 5.69 Å². The molecular weight excluding hydrogens is 210 g/mol. The number of rotatable bonds is 3. The predicted molar refractivity (Wildman–Crippen MR) is 55.6 cm³/mol. The maximum Gasteiger partial charge on any atom is 0.269 e. The van der Waals surface area contributed by atoms with Crippen LogP contribution in [0.25, 0.3) is 5.69 Å². The highest BCUT2D eigenvalue weighted by Gasteiger charge is 2.05. The van der Waals surface area contributed by atoms with Gasteiger partial charge in [-0.05, 0) is 12.1 Å². The highest BCUT2D eigenvalue weighted by Crippen LogP contribution is 2.15. The van der Waals surface area contributed by atoms with Gasteiger partial charge >= 0.3 is 0 Å². The topological polar surface area (TPSA) is 78.0 Å². The quantitative estimate of drug-likeness (QED) is 0.444. The summed E-state index contributed by atoms with van der Waals surface area (Å²) in [6, 6.07) is 5.98. The van der Waals surface area contributed by atoms with Crippen molar-refractivity contribution in [2.75, 3.05) is 0 Å². The van der Waals surface area contributed by atoms with Crippen LogP contribution < -0.4 is 0 Å². The fourth-order valence-corrected chi connectivity index (χ4v) is 1.29. The first kappa shape index (κ1) is 10.0. The lowest BCUT2D eigenvalue weighted by molar-refractivity contribution is -0.384. The van der Waals surface area contributed by atoms with E-state index in [1.54, 1.807) is 22.9 Å². The van der Waals surface area contributed by atoms with Gasteiger partial charge in [0.15, 0.2) is 6.29 Å². The van der Waals surface area contributed by atoms with E-state index in [1.807, 2.05) is 0 Å². The molecule has 6 nitrogen and oxygen atoms in total. The van der Waals surface area contributed by atoms with Gasteiger partial charge in [-0.15, -0.1) is 0 Å². The summed E-state index contributed by atoms with van der Waals surface area (Å²) in [4.78, 5) is 24.2. The van der Waals surface area contributed by atoms with E-state index in [4.69, 9.17) is 0 Å². The van der Waals surface area contributed by atoms with Crippen molar-refractivity contribution in [1.29, 1.82) is 0 Å². The van der Waals surface area contributed by atoms with Gasteiger partial charge in [0.2, 0.25) is 0 Å². The van der Waals surface area contributed by atoms with Gasteiger partial charge in [0, 0.05) is 24.0 Å². The minimum Gasteiger partial charge on any atom is -0.306 e. The van der Waals surface area contributed by atoms with Gasteiger partial charge in [-0.3, -0.25) is 14.9 Å². The molecule has 1 aromatic heterocycles. The van der Waals surface area contributed by atoms with Crippen molar-refractivity contribution in [2.24, 2.45) is 0 Å². The SMILES string of the molecule is O=Cc1cn(-c2ccc([N+](=O)[O-])cc2)cn1. The second kappa shape index (κ2) is 3.93. The molecule has 0 bridgehead atoms. The average molecular weight is 217 g/mol. The van der Waals surface area contributed by atoms with E-state index in [-0.39, 0.29) is 5.69 Å². The molecule has 0 N–H and O–H groups in total. The highest BCUT2D eigenvalue weighted by atomic mass is 16.6. The number of hydrogen-bond acceptors (Lipinski definition) is 4. The molecule has 0 aliphatic rings. The summed E-state index contributed by atoms with van der Waals surface area (Å²) in [5.74, 6) is 0. The maximum atomic E-state index is 10.4. The molecule has 0 saturated carbocycles. The fourth-order valence-electron chi connectivity index (χ4n) is 1.29. The number of carbonyl (C=O) groups is 1. The van der Waals surface area contributed by atoms with Crippen molar-refractivity contribution in [1.82, 2.24) is 9.55 Å². The van der Waals surface area contributed by atoms with Crippen molar-refractivity contribution in [3.8, 4) is 5.69 Å². The second-order valence-corrected chi connectivity index (χ2v) is 3.10. The summed E-state index contributed by atoms with van der Waals surface area (Å²) in [6.45, 7) is 0. The molecule has 6 heteroatoms. The monoisotopic (exact) mass is 217 g/mol. The molecule has 0 fully saturated rings. The highest BCUT2D eigenvalue weighted by molar-refractivity contribution is 5.71. The molecule has 0 aliphatic heterocycles. The molecule has 1 aromatic carbocycles. The lowest BCUT2D eigenvalue weighted by Crippen LogP contribution is -1.91. The van der Waals surface area contributed by atoms with Crippen LogP contribution in [-0.4, -0.2) is 20.8 Å². The summed E-state index contributed by atoms with van der Waals surface area (Å²) < 4.78 is 1.62. The molecule has 16 heavy (non-hydrogen) atoms. The average Bonchev–Trinajstić information content (AvgIpc) is 2.77. The number of hydrogen-bond donors (Lipinski definition) is 0. The van der Waals surface area contributed by atoms with Crippen molar-refractivity contribution in [3.05, 3.63) is 52.6 Å². The standard InChI is InChI=1S/C10H7N3O3/c14-6-8-5-12(7-11-8)9-1-3-10(4-2-9)13(15)16/h1-7H. The van der Waals surface area contributed by atoms with Crippen molar-refractivity contribution >= 4 is 12.0 Å². The Labute approximate surface area is 90.3 Å². The van der Waals surface area contributed by atoms with Crippen LogP contribution in [0.3, 0.4) is 0 Å². The number of aldehydes is 1. The maximum absolute atomic E-state index is 10.4. The molecule has 0 aliphatic carbocycles. The molecule has 0 spiro atoms. The van der Waals surface area contributed by atoms with Gasteiger partial charge in [-0.1, -0.05) is 0 Å². The molecule has 0 amide bonds. The number of carbonyl (C=O) groups excluding carboxylic acids is 1. The Balaban J connectivity index is 2.34. The number of benzene rings is 1.